The van der Waals surface area contributed by atoms with Crippen molar-refractivity contribution in [2.24, 2.45) is 0 Å². The first-order chi connectivity index (χ1) is 12.6. The summed E-state index contributed by atoms with van der Waals surface area (Å²) in [7, 11) is 0. The fourth-order valence-electron chi connectivity index (χ4n) is 2.39. The molecule has 2 rings (SSSR count). The summed E-state index contributed by atoms with van der Waals surface area (Å²) < 4.78 is 13.5. The van der Waals surface area contributed by atoms with E-state index in [-0.39, 0.29) is 17.9 Å². The highest BCUT2D eigenvalue weighted by Crippen LogP contribution is 2.13. The van der Waals surface area contributed by atoms with Crippen LogP contribution in [0.25, 0.3) is 0 Å². The fraction of sp³-hybridized carbons (Fsp3) is 0.238. The van der Waals surface area contributed by atoms with Gasteiger partial charge < -0.3 is 10.6 Å². The number of aryl methyl sites for hydroxylation is 1. The molecule has 0 heterocycles. The zero-order valence-corrected chi connectivity index (χ0v) is 14.8. The molecule has 0 unspecified atom stereocenters. The molecule has 0 bridgehead atoms. The van der Waals surface area contributed by atoms with Crippen LogP contribution in [0, 0.1) is 17.1 Å². The minimum absolute atomic E-state index is 0.0728. The predicted octanol–water partition coefficient (Wildman–Crippen LogP) is 4.30. The summed E-state index contributed by atoms with van der Waals surface area (Å²) in [5.74, 6) is -0.839. The Bertz CT molecular complexity index is 807. The van der Waals surface area contributed by atoms with Crippen molar-refractivity contribution in [1.29, 1.82) is 5.26 Å². The Morgan fingerprint density at radius 2 is 1.92 bits per heavy atom. The maximum Gasteiger partial charge on any atom is 0.267 e. The minimum atomic E-state index is -0.505. The maximum atomic E-state index is 13.5. The molecule has 0 saturated heterocycles. The first-order valence-electron chi connectivity index (χ1n) is 8.61. The van der Waals surface area contributed by atoms with Gasteiger partial charge in [0, 0.05) is 24.0 Å². The van der Waals surface area contributed by atoms with Crippen LogP contribution in [0.4, 0.5) is 10.1 Å². The monoisotopic (exact) mass is 351 g/mol. The molecule has 2 N–H and O–H groups in total. The average Bonchev–Trinajstić information content (AvgIpc) is 2.66. The normalized spacial score (nSPS) is 10.9. The molecule has 2 aromatic rings. The number of carbonyl (C=O) groups excluding carboxylic acids is 1. The van der Waals surface area contributed by atoms with Gasteiger partial charge in [-0.1, -0.05) is 43.7 Å². The third-order valence-corrected chi connectivity index (χ3v) is 3.89. The summed E-state index contributed by atoms with van der Waals surface area (Å²) in [6.07, 6.45) is 4.57. The molecule has 0 radical (unpaired) electrons. The number of halogens is 1. The molecule has 2 aromatic carbocycles. The molecule has 5 heteroatoms. The van der Waals surface area contributed by atoms with Gasteiger partial charge in [-0.05, 0) is 36.6 Å². The summed E-state index contributed by atoms with van der Waals surface area (Å²) in [5, 5.41) is 14.7. The fourth-order valence-corrected chi connectivity index (χ4v) is 2.39. The lowest BCUT2D eigenvalue weighted by molar-refractivity contribution is -0.112. The third kappa shape index (κ3) is 5.75. The van der Waals surface area contributed by atoms with Crippen molar-refractivity contribution in [3.8, 4) is 6.07 Å². The van der Waals surface area contributed by atoms with E-state index in [0.717, 1.165) is 19.3 Å². The van der Waals surface area contributed by atoms with Crippen LogP contribution in [0.1, 0.15) is 30.9 Å². The molecule has 4 nitrogen and oxygen atoms in total. The number of amides is 1. The van der Waals surface area contributed by atoms with Crippen molar-refractivity contribution in [2.45, 2.75) is 32.7 Å². The molecule has 0 aliphatic rings. The number of hydrogen-bond donors (Lipinski definition) is 2. The quantitative estimate of drug-likeness (QED) is 0.550. The molecular weight excluding hydrogens is 329 g/mol. The average molecular weight is 351 g/mol. The largest absolute Gasteiger partial charge is 0.385 e. The zero-order valence-electron chi connectivity index (χ0n) is 14.8. The first kappa shape index (κ1) is 19.2. The molecule has 0 aromatic heterocycles. The molecule has 134 valence electrons. The number of hydrogen-bond acceptors (Lipinski definition) is 3. The molecule has 0 spiro atoms. The topological polar surface area (TPSA) is 64.9 Å². The van der Waals surface area contributed by atoms with Crippen LogP contribution in [0.5, 0.6) is 0 Å². The Kier molecular flexibility index (Phi) is 7.38. The molecule has 0 aliphatic heterocycles. The molecule has 0 aliphatic carbocycles. The van der Waals surface area contributed by atoms with Crippen LogP contribution >= 0.6 is 0 Å². The van der Waals surface area contributed by atoms with Gasteiger partial charge in [-0.25, -0.2) is 4.39 Å². The second-order valence-electron chi connectivity index (χ2n) is 5.90. The van der Waals surface area contributed by atoms with E-state index in [4.69, 9.17) is 0 Å². The van der Waals surface area contributed by atoms with E-state index >= 15 is 0 Å². The first-order valence-corrected chi connectivity index (χ1v) is 8.61. The van der Waals surface area contributed by atoms with Gasteiger partial charge in [0.25, 0.3) is 5.91 Å². The van der Waals surface area contributed by atoms with Gasteiger partial charge in [-0.2, -0.15) is 5.26 Å². The highest BCUT2D eigenvalue weighted by molar-refractivity contribution is 6.06. The Balaban J connectivity index is 1.93. The zero-order chi connectivity index (χ0) is 18.8. The van der Waals surface area contributed by atoms with Crippen LogP contribution in [-0.2, 0) is 17.8 Å². The highest BCUT2D eigenvalue weighted by atomic mass is 19.1. The Morgan fingerprint density at radius 1 is 1.19 bits per heavy atom. The van der Waals surface area contributed by atoms with E-state index in [1.165, 1.54) is 17.8 Å². The number of nitrogens with one attached hydrogen (secondary N) is 2. The van der Waals surface area contributed by atoms with Crippen molar-refractivity contribution in [3.05, 3.63) is 77.2 Å². The van der Waals surface area contributed by atoms with Gasteiger partial charge >= 0.3 is 0 Å². The maximum absolute atomic E-state index is 13.5. The van der Waals surface area contributed by atoms with Crippen LogP contribution in [0.2, 0.25) is 0 Å². The van der Waals surface area contributed by atoms with E-state index in [1.54, 1.807) is 18.2 Å². The summed E-state index contributed by atoms with van der Waals surface area (Å²) in [5.41, 5.74) is 2.23. The second-order valence-corrected chi connectivity index (χ2v) is 5.90. The van der Waals surface area contributed by atoms with Gasteiger partial charge in [0.2, 0.25) is 0 Å². The number of nitriles is 1. The molecule has 0 atom stereocenters. The lowest BCUT2D eigenvalue weighted by Crippen LogP contribution is -2.16. The van der Waals surface area contributed by atoms with Crippen LogP contribution < -0.4 is 10.6 Å². The van der Waals surface area contributed by atoms with E-state index in [0.29, 0.717) is 11.3 Å². The number of unbranched alkanes of at least 4 members (excludes halogenated alkanes) is 1. The van der Waals surface area contributed by atoms with Crippen LogP contribution in [0.15, 0.2) is 60.3 Å². The van der Waals surface area contributed by atoms with Gasteiger partial charge in [-0.15, -0.1) is 0 Å². The summed E-state index contributed by atoms with van der Waals surface area (Å²) in [6, 6.07) is 15.8. The summed E-state index contributed by atoms with van der Waals surface area (Å²) in [6.45, 7) is 2.34. The lowest BCUT2D eigenvalue weighted by atomic mass is 10.1. The Morgan fingerprint density at radius 3 is 2.58 bits per heavy atom. The van der Waals surface area contributed by atoms with Crippen molar-refractivity contribution in [1.82, 2.24) is 5.32 Å². The van der Waals surface area contributed by atoms with Crippen LogP contribution in [-0.4, -0.2) is 5.91 Å². The van der Waals surface area contributed by atoms with Gasteiger partial charge in [0.1, 0.15) is 17.5 Å². The summed E-state index contributed by atoms with van der Waals surface area (Å²) in [4.78, 5) is 12.2. The van der Waals surface area contributed by atoms with E-state index in [2.05, 4.69) is 17.6 Å². The molecule has 0 saturated carbocycles. The summed E-state index contributed by atoms with van der Waals surface area (Å²) >= 11 is 0. The lowest BCUT2D eigenvalue weighted by Gasteiger charge is -2.07. The Hall–Kier alpha value is -3.13. The van der Waals surface area contributed by atoms with Gasteiger partial charge in [-0.3, -0.25) is 4.79 Å². The standard InChI is InChI=1S/C21H22FN3O/c1-2-3-6-16-9-11-19(12-10-16)25-21(26)18(13-23)15-24-14-17-7-4-5-8-20(17)22/h4-5,7-12,15,24H,2-3,6,14H2,1H3,(H,25,26)/b18-15-. The number of rotatable bonds is 8. The number of anilines is 1. The predicted molar refractivity (Wildman–Crippen MR) is 101 cm³/mol. The highest BCUT2D eigenvalue weighted by Gasteiger charge is 2.09. The molecular formula is C21H22FN3O. The van der Waals surface area contributed by atoms with E-state index in [9.17, 15) is 14.4 Å². The molecule has 26 heavy (non-hydrogen) atoms. The minimum Gasteiger partial charge on any atom is -0.385 e. The van der Waals surface area contributed by atoms with E-state index in [1.807, 2.05) is 30.3 Å². The second kappa shape index (κ2) is 10.00. The smallest absolute Gasteiger partial charge is 0.267 e. The van der Waals surface area contributed by atoms with Crippen LogP contribution in [0.3, 0.4) is 0 Å². The van der Waals surface area contributed by atoms with Gasteiger partial charge in [0.05, 0.1) is 0 Å². The van der Waals surface area contributed by atoms with Crippen molar-refractivity contribution in [3.63, 3.8) is 0 Å². The third-order valence-electron chi connectivity index (χ3n) is 3.89. The van der Waals surface area contributed by atoms with E-state index < -0.39 is 5.91 Å². The van der Waals surface area contributed by atoms with Gasteiger partial charge in [0.15, 0.2) is 0 Å². The van der Waals surface area contributed by atoms with Crippen molar-refractivity contribution < 1.29 is 9.18 Å². The van der Waals surface area contributed by atoms with Crippen molar-refractivity contribution in [2.75, 3.05) is 5.32 Å². The molecule has 0 fully saturated rings. The SMILES string of the molecule is CCCCc1ccc(NC(=O)/C(C#N)=C\NCc2ccccc2F)cc1. The Labute approximate surface area is 153 Å². The number of carbonyl (C=O) groups is 1. The number of benzene rings is 2. The molecule has 1 amide bonds. The van der Waals surface area contributed by atoms with Crippen molar-refractivity contribution >= 4 is 11.6 Å². The number of nitrogens with zero attached hydrogens (tertiary/aromatic N) is 1.